The molecule has 1 heterocycles. The molecule has 0 saturated heterocycles. The highest BCUT2D eigenvalue weighted by atomic mass is 35.5. The Kier molecular flexibility index (Phi) is 4.96. The first-order valence-electron chi connectivity index (χ1n) is 7.43. The van der Waals surface area contributed by atoms with Crippen molar-refractivity contribution in [3.63, 3.8) is 0 Å². The van der Waals surface area contributed by atoms with Crippen LogP contribution in [0.2, 0.25) is 5.02 Å². The lowest BCUT2D eigenvalue weighted by Crippen LogP contribution is -2.22. The van der Waals surface area contributed by atoms with E-state index in [4.69, 9.17) is 25.8 Å². The van der Waals surface area contributed by atoms with Crippen LogP contribution in [0.1, 0.15) is 0 Å². The molecule has 126 valence electrons. The van der Waals surface area contributed by atoms with Crippen LogP contribution in [0.4, 0.5) is 11.4 Å². The Morgan fingerprint density at radius 3 is 2.62 bits per heavy atom. The van der Waals surface area contributed by atoms with Crippen molar-refractivity contribution >= 4 is 28.9 Å². The van der Waals surface area contributed by atoms with Gasteiger partial charge >= 0.3 is 0 Å². The van der Waals surface area contributed by atoms with Gasteiger partial charge in [0.05, 0.1) is 30.1 Å². The number of anilines is 2. The van der Waals surface area contributed by atoms with Crippen LogP contribution in [0.25, 0.3) is 0 Å². The molecular weight excluding hydrogens is 332 g/mol. The summed E-state index contributed by atoms with van der Waals surface area (Å²) in [6.07, 6.45) is 0. The van der Waals surface area contributed by atoms with E-state index in [9.17, 15) is 4.79 Å². The molecule has 7 heteroatoms. The maximum absolute atomic E-state index is 12.2. The zero-order valence-electron chi connectivity index (χ0n) is 13.1. The molecule has 0 spiro atoms. The zero-order chi connectivity index (χ0) is 16.9. The van der Waals surface area contributed by atoms with Crippen molar-refractivity contribution in [3.05, 3.63) is 41.4 Å². The molecule has 2 aromatic carbocycles. The second kappa shape index (κ2) is 7.31. The molecule has 0 bridgehead atoms. The minimum absolute atomic E-state index is 0.0745. The van der Waals surface area contributed by atoms with Gasteiger partial charge in [0.1, 0.15) is 19.0 Å². The largest absolute Gasteiger partial charge is 0.495 e. The number of hydrogen-bond acceptors (Lipinski definition) is 5. The molecule has 2 aromatic rings. The van der Waals surface area contributed by atoms with Crippen molar-refractivity contribution in [1.29, 1.82) is 0 Å². The van der Waals surface area contributed by atoms with Gasteiger partial charge in [0.2, 0.25) is 5.91 Å². The molecule has 0 fully saturated rings. The second-order valence-electron chi connectivity index (χ2n) is 5.08. The third kappa shape index (κ3) is 3.65. The Morgan fingerprint density at radius 2 is 1.88 bits per heavy atom. The number of rotatable bonds is 5. The summed E-state index contributed by atoms with van der Waals surface area (Å²) in [5.74, 6) is 1.58. The van der Waals surface area contributed by atoms with Crippen molar-refractivity contribution in [2.45, 2.75) is 0 Å². The normalized spacial score (nSPS) is 12.4. The summed E-state index contributed by atoms with van der Waals surface area (Å²) in [4.78, 5) is 12.2. The molecule has 0 saturated carbocycles. The fraction of sp³-hybridized carbons (Fsp3) is 0.235. The van der Waals surface area contributed by atoms with Crippen LogP contribution in [-0.4, -0.2) is 32.8 Å². The van der Waals surface area contributed by atoms with E-state index in [1.807, 2.05) is 24.3 Å². The highest BCUT2D eigenvalue weighted by Gasteiger charge is 2.16. The first-order valence-corrected chi connectivity index (χ1v) is 7.81. The molecule has 6 nitrogen and oxygen atoms in total. The number of amides is 1. The SMILES string of the molecule is COc1ccccc1NCC(=O)Nc1cc2c(cc1Cl)OCCO2. The van der Waals surface area contributed by atoms with Crippen LogP contribution in [0.5, 0.6) is 17.2 Å². The molecule has 1 amide bonds. The van der Waals surface area contributed by atoms with E-state index in [-0.39, 0.29) is 12.5 Å². The molecule has 1 aliphatic heterocycles. The van der Waals surface area contributed by atoms with Crippen molar-refractivity contribution in [3.8, 4) is 17.2 Å². The smallest absolute Gasteiger partial charge is 0.243 e. The molecule has 0 atom stereocenters. The summed E-state index contributed by atoms with van der Waals surface area (Å²) >= 11 is 6.18. The van der Waals surface area contributed by atoms with E-state index in [0.717, 1.165) is 5.69 Å². The first-order chi connectivity index (χ1) is 11.7. The van der Waals surface area contributed by atoms with Crippen LogP contribution < -0.4 is 24.8 Å². The number of benzene rings is 2. The van der Waals surface area contributed by atoms with E-state index in [1.165, 1.54) is 0 Å². The maximum Gasteiger partial charge on any atom is 0.243 e. The number of halogens is 1. The van der Waals surface area contributed by atoms with Crippen molar-refractivity contribution in [2.24, 2.45) is 0 Å². The number of hydrogen-bond donors (Lipinski definition) is 2. The van der Waals surface area contributed by atoms with Gasteiger partial charge in [-0.3, -0.25) is 4.79 Å². The lowest BCUT2D eigenvalue weighted by Gasteiger charge is -2.20. The minimum atomic E-state index is -0.237. The Bertz CT molecular complexity index is 751. The van der Waals surface area contributed by atoms with Gasteiger partial charge in [-0.1, -0.05) is 23.7 Å². The summed E-state index contributed by atoms with van der Waals surface area (Å²) in [6, 6.07) is 10.7. The average Bonchev–Trinajstić information content (AvgIpc) is 2.61. The number of carbonyl (C=O) groups excluding carboxylic acids is 1. The maximum atomic E-state index is 12.2. The standard InChI is InChI=1S/C17H17ClN2O4/c1-22-14-5-3-2-4-12(14)19-10-17(21)20-13-9-16-15(8-11(13)18)23-6-7-24-16/h2-5,8-9,19H,6-7,10H2,1H3,(H,20,21). The first kappa shape index (κ1) is 16.3. The van der Waals surface area contributed by atoms with Gasteiger partial charge in [0.15, 0.2) is 11.5 Å². The van der Waals surface area contributed by atoms with Gasteiger partial charge < -0.3 is 24.8 Å². The summed E-state index contributed by atoms with van der Waals surface area (Å²) in [6.45, 7) is 1.03. The molecule has 0 unspecified atom stereocenters. The van der Waals surface area contributed by atoms with E-state index >= 15 is 0 Å². The molecular formula is C17H17ClN2O4. The van der Waals surface area contributed by atoms with E-state index in [2.05, 4.69) is 10.6 Å². The van der Waals surface area contributed by atoms with E-state index in [1.54, 1.807) is 19.2 Å². The predicted octanol–water partition coefficient (Wildman–Crippen LogP) is 3.17. The highest BCUT2D eigenvalue weighted by molar-refractivity contribution is 6.34. The summed E-state index contributed by atoms with van der Waals surface area (Å²) in [7, 11) is 1.58. The molecule has 2 N–H and O–H groups in total. The number of methoxy groups -OCH3 is 1. The Labute approximate surface area is 144 Å². The quantitative estimate of drug-likeness (QED) is 0.868. The number of nitrogens with one attached hydrogen (secondary N) is 2. The number of para-hydroxylation sites is 2. The minimum Gasteiger partial charge on any atom is -0.495 e. The topological polar surface area (TPSA) is 68.8 Å². The lowest BCUT2D eigenvalue weighted by molar-refractivity contribution is -0.114. The van der Waals surface area contributed by atoms with E-state index < -0.39 is 0 Å². The predicted molar refractivity (Wildman–Crippen MR) is 92.6 cm³/mol. The highest BCUT2D eigenvalue weighted by Crippen LogP contribution is 2.37. The Hall–Kier alpha value is -2.60. The molecule has 24 heavy (non-hydrogen) atoms. The fourth-order valence-electron chi connectivity index (χ4n) is 2.32. The van der Waals surface area contributed by atoms with Gasteiger partial charge in [0.25, 0.3) is 0 Å². The third-order valence-electron chi connectivity index (χ3n) is 3.45. The van der Waals surface area contributed by atoms with Gasteiger partial charge in [-0.05, 0) is 12.1 Å². The zero-order valence-corrected chi connectivity index (χ0v) is 13.9. The third-order valence-corrected chi connectivity index (χ3v) is 3.77. The van der Waals surface area contributed by atoms with Gasteiger partial charge in [-0.25, -0.2) is 0 Å². The summed E-state index contributed by atoms with van der Waals surface area (Å²) in [5.41, 5.74) is 1.22. The molecule has 3 rings (SSSR count). The molecule has 1 aliphatic rings. The van der Waals surface area contributed by atoms with Crippen molar-refractivity contribution < 1.29 is 19.0 Å². The van der Waals surface area contributed by atoms with Crippen molar-refractivity contribution in [2.75, 3.05) is 37.5 Å². The van der Waals surface area contributed by atoms with Crippen LogP contribution in [0, 0.1) is 0 Å². The van der Waals surface area contributed by atoms with Crippen LogP contribution in [0.3, 0.4) is 0 Å². The molecule has 0 radical (unpaired) electrons. The number of ether oxygens (including phenoxy) is 3. The van der Waals surface area contributed by atoms with Crippen LogP contribution >= 0.6 is 11.6 Å². The average molecular weight is 349 g/mol. The molecule has 0 aliphatic carbocycles. The van der Waals surface area contributed by atoms with Crippen LogP contribution in [-0.2, 0) is 4.79 Å². The number of carbonyl (C=O) groups is 1. The summed E-state index contributed by atoms with van der Waals surface area (Å²) < 4.78 is 16.2. The number of fused-ring (bicyclic) bond motifs is 1. The van der Waals surface area contributed by atoms with E-state index in [0.29, 0.717) is 41.2 Å². The van der Waals surface area contributed by atoms with Crippen LogP contribution in [0.15, 0.2) is 36.4 Å². The Balaban J connectivity index is 1.65. The lowest BCUT2D eigenvalue weighted by atomic mass is 10.2. The molecule has 0 aromatic heterocycles. The van der Waals surface area contributed by atoms with Gasteiger partial charge in [-0.2, -0.15) is 0 Å². The van der Waals surface area contributed by atoms with Crippen molar-refractivity contribution in [1.82, 2.24) is 0 Å². The second-order valence-corrected chi connectivity index (χ2v) is 5.48. The fourth-order valence-corrected chi connectivity index (χ4v) is 2.52. The Morgan fingerprint density at radius 1 is 1.17 bits per heavy atom. The van der Waals surface area contributed by atoms with Gasteiger partial charge in [0, 0.05) is 12.1 Å². The summed E-state index contributed by atoms with van der Waals surface area (Å²) in [5, 5.41) is 6.18. The monoisotopic (exact) mass is 348 g/mol. The van der Waals surface area contributed by atoms with Gasteiger partial charge in [-0.15, -0.1) is 0 Å².